The molecule has 1 rings (SSSR count). The Labute approximate surface area is 116 Å². The number of hydrogen-bond donors (Lipinski definition) is 0. The van der Waals surface area contributed by atoms with Gasteiger partial charge in [0.05, 0.1) is 16.4 Å². The van der Waals surface area contributed by atoms with Crippen LogP contribution in [-0.2, 0) is 19.6 Å². The first kappa shape index (κ1) is 16.1. The van der Waals surface area contributed by atoms with E-state index in [-0.39, 0.29) is 17.2 Å². The van der Waals surface area contributed by atoms with Crippen molar-refractivity contribution in [1.82, 2.24) is 4.31 Å². The molecule has 110 valence electrons. The number of nitro benzene ring substituents is 1. The van der Waals surface area contributed by atoms with Crippen LogP contribution in [0.5, 0.6) is 0 Å². The number of esters is 1. The standard InChI is InChI=1S/C11H14N2O6S/c1-3-19-11(14)8-12(2)20(17,18)10-6-4-5-9(7-10)13(15)16/h4-7H,3,8H2,1-2H3. The molecule has 9 heteroatoms. The molecule has 1 aromatic carbocycles. The molecule has 0 saturated carbocycles. The van der Waals surface area contributed by atoms with Crippen LogP contribution in [0.2, 0.25) is 0 Å². The topological polar surface area (TPSA) is 107 Å². The fraction of sp³-hybridized carbons (Fsp3) is 0.364. The summed E-state index contributed by atoms with van der Waals surface area (Å²) in [6, 6.07) is 4.62. The third-order valence-electron chi connectivity index (χ3n) is 2.39. The number of nitro groups is 1. The van der Waals surface area contributed by atoms with Gasteiger partial charge in [0.15, 0.2) is 0 Å². The van der Waals surface area contributed by atoms with Gasteiger partial charge in [0, 0.05) is 19.2 Å². The van der Waals surface area contributed by atoms with E-state index >= 15 is 0 Å². The highest BCUT2D eigenvalue weighted by atomic mass is 32.2. The molecule has 0 aliphatic rings. The third kappa shape index (κ3) is 3.75. The maximum absolute atomic E-state index is 12.1. The second kappa shape index (κ2) is 6.44. The summed E-state index contributed by atoms with van der Waals surface area (Å²) in [5.41, 5.74) is -0.337. The van der Waals surface area contributed by atoms with Gasteiger partial charge in [-0.05, 0) is 13.0 Å². The van der Waals surface area contributed by atoms with E-state index in [0.29, 0.717) is 0 Å². The molecular formula is C11H14N2O6S. The average Bonchev–Trinajstić information content (AvgIpc) is 2.38. The smallest absolute Gasteiger partial charge is 0.321 e. The van der Waals surface area contributed by atoms with Gasteiger partial charge in [-0.15, -0.1) is 0 Å². The van der Waals surface area contributed by atoms with Crippen LogP contribution < -0.4 is 0 Å². The predicted octanol–water partition coefficient (Wildman–Crippen LogP) is 0.778. The first-order valence-corrected chi connectivity index (χ1v) is 7.09. The van der Waals surface area contributed by atoms with Gasteiger partial charge < -0.3 is 4.74 Å². The number of carbonyl (C=O) groups is 1. The molecular weight excluding hydrogens is 288 g/mol. The van der Waals surface area contributed by atoms with Crippen LogP contribution in [0.15, 0.2) is 29.2 Å². The van der Waals surface area contributed by atoms with Crippen molar-refractivity contribution in [2.75, 3.05) is 20.2 Å². The molecule has 1 aromatic rings. The van der Waals surface area contributed by atoms with Crippen molar-refractivity contribution in [1.29, 1.82) is 0 Å². The summed E-state index contributed by atoms with van der Waals surface area (Å²) in [5, 5.41) is 10.6. The lowest BCUT2D eigenvalue weighted by atomic mass is 10.3. The average molecular weight is 302 g/mol. The quantitative estimate of drug-likeness (QED) is 0.436. The normalized spacial score (nSPS) is 11.3. The van der Waals surface area contributed by atoms with E-state index in [4.69, 9.17) is 0 Å². The summed E-state index contributed by atoms with van der Waals surface area (Å²) in [7, 11) is -2.78. The number of carbonyl (C=O) groups excluding carboxylic acids is 1. The Hall–Kier alpha value is -2.00. The maximum Gasteiger partial charge on any atom is 0.321 e. The Balaban J connectivity index is 3.01. The molecule has 0 heterocycles. The van der Waals surface area contributed by atoms with Crippen molar-refractivity contribution in [3.8, 4) is 0 Å². The van der Waals surface area contributed by atoms with Crippen molar-refractivity contribution >= 4 is 21.7 Å². The zero-order chi connectivity index (χ0) is 15.3. The Bertz CT molecular complexity index is 613. The predicted molar refractivity (Wildman–Crippen MR) is 69.5 cm³/mol. The van der Waals surface area contributed by atoms with Gasteiger partial charge in [0.1, 0.15) is 6.54 Å². The van der Waals surface area contributed by atoms with Crippen molar-refractivity contribution in [3.05, 3.63) is 34.4 Å². The summed E-state index contributed by atoms with van der Waals surface area (Å²) in [6.45, 7) is 1.29. The lowest BCUT2D eigenvalue weighted by Gasteiger charge is -2.15. The highest BCUT2D eigenvalue weighted by Crippen LogP contribution is 2.20. The first-order chi connectivity index (χ1) is 9.28. The van der Waals surface area contributed by atoms with Gasteiger partial charge in [-0.25, -0.2) is 8.42 Å². The van der Waals surface area contributed by atoms with Crippen molar-refractivity contribution in [2.24, 2.45) is 0 Å². The second-order valence-corrected chi connectivity index (χ2v) is 5.87. The maximum atomic E-state index is 12.1. The van der Waals surface area contributed by atoms with Gasteiger partial charge in [-0.3, -0.25) is 14.9 Å². The van der Waals surface area contributed by atoms with Crippen molar-refractivity contribution in [2.45, 2.75) is 11.8 Å². The molecule has 8 nitrogen and oxygen atoms in total. The van der Waals surface area contributed by atoms with Gasteiger partial charge in [0.25, 0.3) is 5.69 Å². The number of rotatable bonds is 6. The lowest BCUT2D eigenvalue weighted by Crippen LogP contribution is -2.33. The Morgan fingerprint density at radius 3 is 2.65 bits per heavy atom. The molecule has 0 bridgehead atoms. The summed E-state index contributed by atoms with van der Waals surface area (Å²) in [6.07, 6.45) is 0. The van der Waals surface area contributed by atoms with E-state index in [2.05, 4.69) is 4.74 Å². The SMILES string of the molecule is CCOC(=O)CN(C)S(=O)(=O)c1cccc([N+](=O)[O-])c1. The largest absolute Gasteiger partial charge is 0.465 e. The third-order valence-corrected chi connectivity index (χ3v) is 4.19. The first-order valence-electron chi connectivity index (χ1n) is 5.65. The fourth-order valence-electron chi connectivity index (χ4n) is 1.41. The number of hydrogen-bond acceptors (Lipinski definition) is 6. The van der Waals surface area contributed by atoms with Crippen LogP contribution >= 0.6 is 0 Å². The van der Waals surface area contributed by atoms with Gasteiger partial charge in [-0.2, -0.15) is 4.31 Å². The Kier molecular flexibility index (Phi) is 5.17. The van der Waals surface area contributed by atoms with E-state index in [1.807, 2.05) is 0 Å². The highest BCUT2D eigenvalue weighted by molar-refractivity contribution is 7.89. The van der Waals surface area contributed by atoms with E-state index < -0.39 is 27.5 Å². The van der Waals surface area contributed by atoms with Gasteiger partial charge in [-0.1, -0.05) is 6.07 Å². The van der Waals surface area contributed by atoms with Gasteiger partial charge >= 0.3 is 5.97 Å². The van der Waals surface area contributed by atoms with E-state index in [9.17, 15) is 23.3 Å². The minimum absolute atomic E-state index is 0.142. The van der Waals surface area contributed by atoms with Crippen LogP contribution in [0.25, 0.3) is 0 Å². The zero-order valence-electron chi connectivity index (χ0n) is 11.0. The molecule has 0 spiro atoms. The Morgan fingerprint density at radius 1 is 1.45 bits per heavy atom. The van der Waals surface area contributed by atoms with E-state index in [0.717, 1.165) is 10.4 Å². The molecule has 0 radical (unpaired) electrons. The van der Waals surface area contributed by atoms with E-state index in [1.165, 1.54) is 25.2 Å². The number of benzene rings is 1. The minimum atomic E-state index is -3.98. The van der Waals surface area contributed by atoms with Crippen LogP contribution in [0.3, 0.4) is 0 Å². The summed E-state index contributed by atoms with van der Waals surface area (Å²) in [4.78, 5) is 21.0. The fourth-order valence-corrected chi connectivity index (χ4v) is 2.57. The second-order valence-electron chi connectivity index (χ2n) is 3.82. The van der Waals surface area contributed by atoms with E-state index in [1.54, 1.807) is 6.92 Å². The molecule has 0 saturated heterocycles. The van der Waals surface area contributed by atoms with Crippen molar-refractivity contribution < 1.29 is 22.9 Å². The van der Waals surface area contributed by atoms with Crippen LogP contribution in [-0.4, -0.2) is 43.8 Å². The monoisotopic (exact) mass is 302 g/mol. The number of likely N-dealkylation sites (N-methyl/N-ethyl adjacent to an activating group) is 1. The summed E-state index contributed by atoms with van der Waals surface area (Å²) >= 11 is 0. The molecule has 0 aromatic heterocycles. The molecule has 0 atom stereocenters. The molecule has 0 fully saturated rings. The number of non-ortho nitro benzene ring substituents is 1. The summed E-state index contributed by atoms with van der Waals surface area (Å²) < 4.78 is 29.7. The van der Waals surface area contributed by atoms with Crippen LogP contribution in [0.1, 0.15) is 6.92 Å². The highest BCUT2D eigenvalue weighted by Gasteiger charge is 2.25. The lowest BCUT2D eigenvalue weighted by molar-refractivity contribution is -0.385. The number of sulfonamides is 1. The molecule has 0 N–H and O–H groups in total. The molecule has 0 amide bonds. The van der Waals surface area contributed by atoms with Crippen LogP contribution in [0, 0.1) is 10.1 Å². The molecule has 0 unspecified atom stereocenters. The van der Waals surface area contributed by atoms with Gasteiger partial charge in [0.2, 0.25) is 10.0 Å². The summed E-state index contributed by atoms with van der Waals surface area (Å²) in [5.74, 6) is -0.691. The van der Waals surface area contributed by atoms with Crippen molar-refractivity contribution in [3.63, 3.8) is 0 Å². The molecule has 0 aliphatic carbocycles. The molecule has 20 heavy (non-hydrogen) atoms. The number of nitrogens with zero attached hydrogens (tertiary/aromatic N) is 2. The Morgan fingerprint density at radius 2 is 2.10 bits per heavy atom. The minimum Gasteiger partial charge on any atom is -0.465 e. The zero-order valence-corrected chi connectivity index (χ0v) is 11.8. The van der Waals surface area contributed by atoms with Crippen LogP contribution in [0.4, 0.5) is 5.69 Å². The molecule has 0 aliphatic heterocycles. The number of ether oxygens (including phenoxy) is 1.